The lowest BCUT2D eigenvalue weighted by Crippen LogP contribution is -1.69. The van der Waals surface area contributed by atoms with E-state index in [1.165, 1.54) is 0 Å². The van der Waals surface area contributed by atoms with Crippen LogP contribution in [0.15, 0.2) is 42.5 Å². The zero-order valence-electron chi connectivity index (χ0n) is 5.99. The monoisotopic (exact) mass is 150 g/mol. The van der Waals surface area contributed by atoms with Crippen molar-refractivity contribution in [2.24, 2.45) is 0 Å². The largest absolute Gasteiger partial charge is 0.508 e. The minimum atomic E-state index is 0.323. The van der Waals surface area contributed by atoms with E-state index in [9.17, 15) is 0 Å². The number of phenols is 1. The van der Waals surface area contributed by atoms with Gasteiger partial charge in [0.1, 0.15) is 5.75 Å². The third-order valence-electron chi connectivity index (χ3n) is 1.73. The smallest absolute Gasteiger partial charge is 0.116 e. The van der Waals surface area contributed by atoms with Crippen molar-refractivity contribution in [3.63, 3.8) is 0 Å². The van der Waals surface area contributed by atoms with E-state index in [-0.39, 0.29) is 0 Å². The van der Waals surface area contributed by atoms with Gasteiger partial charge in [-0.25, -0.2) is 0 Å². The third kappa shape index (κ3) is 1.05. The van der Waals surface area contributed by atoms with E-state index >= 15 is 0 Å². The highest BCUT2D eigenvalue weighted by Crippen LogP contribution is 2.18. The Morgan fingerprint density at radius 2 is 1.55 bits per heavy atom. The number of rotatable bonds is 0. The predicted octanol–water partition coefficient (Wildman–Crippen LogP) is 2.55. The van der Waals surface area contributed by atoms with Crippen molar-refractivity contribution in [1.29, 1.82) is 0 Å². The highest BCUT2D eigenvalue weighted by molar-refractivity contribution is 5.83. The zero-order chi connectivity index (χ0) is 7.68. The molecule has 54 valence electrons. The predicted molar refractivity (Wildman–Crippen MR) is 45.6 cm³/mol. The first-order valence-electron chi connectivity index (χ1n) is 3.54. The summed E-state index contributed by atoms with van der Waals surface area (Å²) in [6.07, 6.45) is 0. The molecule has 0 spiro atoms. The maximum Gasteiger partial charge on any atom is 0.116 e. The van der Waals surface area contributed by atoms with Gasteiger partial charge < -0.3 is 5.11 Å². The number of benzene rings is 2. The first-order chi connectivity index (χ1) is 5.36. The highest BCUT2D eigenvalue weighted by Gasteiger charge is 1.91. The molecule has 1 nitrogen and oxygen atoms in total. The van der Waals surface area contributed by atoms with E-state index in [4.69, 9.17) is 5.11 Å². The lowest BCUT2D eigenvalue weighted by molar-refractivity contribution is 0.476. The topological polar surface area (TPSA) is 20.2 Å². The van der Waals surface area contributed by atoms with Crippen molar-refractivity contribution in [2.75, 3.05) is 0 Å². The van der Waals surface area contributed by atoms with E-state index in [0.29, 0.717) is 5.75 Å². The van der Waals surface area contributed by atoms with Gasteiger partial charge in [0, 0.05) is 0 Å². The second-order valence-corrected chi connectivity index (χ2v) is 2.53. The van der Waals surface area contributed by atoms with Crippen LogP contribution in [0.3, 0.4) is 0 Å². The Bertz CT molecular complexity index is 379. The molecule has 0 unspecified atom stereocenters. The Kier molecular flexibility index (Phi) is 1.29. The average molecular weight is 150 g/mol. The van der Waals surface area contributed by atoms with Crippen LogP contribution in [0.4, 0.5) is 0 Å². The Morgan fingerprint density at radius 3 is 2.36 bits per heavy atom. The van der Waals surface area contributed by atoms with Crippen LogP contribution in [-0.4, -0.2) is 5.11 Å². The number of aromatic hydroxyl groups is 1. The van der Waals surface area contributed by atoms with Crippen LogP contribution >= 0.6 is 0 Å². The molecule has 2 rings (SSSR count). The van der Waals surface area contributed by atoms with Gasteiger partial charge in [0.2, 0.25) is 0 Å². The summed E-state index contributed by atoms with van der Waals surface area (Å²) in [5, 5.41) is 11.4. The van der Waals surface area contributed by atoms with Crippen LogP contribution < -0.4 is 0 Å². The lowest BCUT2D eigenvalue weighted by Gasteiger charge is -1.96. The SMILES string of the molecule is O[13c]1[13cH][13cH][13c]2cccc[13c]2[13cH]1. The first kappa shape index (κ1) is 6.23. The average Bonchev–Trinajstić information content (AvgIpc) is 2.04. The Morgan fingerprint density at radius 1 is 0.818 bits per heavy atom. The van der Waals surface area contributed by atoms with Gasteiger partial charge >= 0.3 is 0 Å². The molecule has 0 amide bonds. The van der Waals surface area contributed by atoms with Crippen molar-refractivity contribution in [1.82, 2.24) is 0 Å². The fourth-order valence-corrected chi connectivity index (χ4v) is 1.18. The summed E-state index contributed by atoms with van der Waals surface area (Å²) in [6, 6.07) is 13.3. The maximum atomic E-state index is 9.13. The summed E-state index contributed by atoms with van der Waals surface area (Å²) in [5.41, 5.74) is 0. The second kappa shape index (κ2) is 2.27. The van der Waals surface area contributed by atoms with E-state index in [1.807, 2.05) is 30.3 Å². The Labute approximate surface area is 64.9 Å². The van der Waals surface area contributed by atoms with Gasteiger partial charge in [-0.15, -0.1) is 0 Å². The van der Waals surface area contributed by atoms with Crippen LogP contribution in [-0.2, 0) is 0 Å². The van der Waals surface area contributed by atoms with E-state index in [1.54, 1.807) is 12.1 Å². The van der Waals surface area contributed by atoms with Crippen molar-refractivity contribution >= 4 is 10.8 Å². The van der Waals surface area contributed by atoms with Gasteiger partial charge in [-0.2, -0.15) is 0 Å². The minimum absolute atomic E-state index is 0.323. The van der Waals surface area contributed by atoms with Crippen molar-refractivity contribution < 1.29 is 5.11 Å². The molecule has 0 radical (unpaired) electrons. The molecule has 11 heavy (non-hydrogen) atoms. The van der Waals surface area contributed by atoms with Crippen LogP contribution in [0.1, 0.15) is 0 Å². The molecule has 0 aromatic heterocycles. The molecule has 0 fully saturated rings. The molecule has 0 saturated carbocycles. The van der Waals surface area contributed by atoms with Crippen LogP contribution in [0.25, 0.3) is 10.8 Å². The summed E-state index contributed by atoms with van der Waals surface area (Å²) in [5.74, 6) is 0.323. The summed E-state index contributed by atoms with van der Waals surface area (Å²) < 4.78 is 0. The first-order valence-corrected chi connectivity index (χ1v) is 3.54. The standard InChI is InChI=1S/C10H8O/c11-10-6-5-8-3-1-2-4-9(8)7-10/h1-7,11H/i5+1,6+1,7+1,8+1,9+1,10+1. The summed E-state index contributed by atoms with van der Waals surface area (Å²) >= 11 is 0. The maximum absolute atomic E-state index is 9.13. The lowest BCUT2D eigenvalue weighted by atomic mass is 10.5. The number of hydrogen-bond donors (Lipinski definition) is 1. The summed E-state index contributed by atoms with van der Waals surface area (Å²) in [4.78, 5) is 0. The van der Waals surface area contributed by atoms with Crippen LogP contribution in [0.2, 0.25) is 0 Å². The number of fused-ring (bicyclic) bond motifs is 1. The molecular formula is C10H8O. The summed E-state index contributed by atoms with van der Waals surface area (Å²) in [7, 11) is 0. The van der Waals surface area contributed by atoms with Crippen LogP contribution in [0, 0.1) is 0 Å². The highest BCUT2D eigenvalue weighted by atomic mass is 16.3. The van der Waals surface area contributed by atoms with Gasteiger partial charge in [0.05, 0.1) is 0 Å². The third-order valence-corrected chi connectivity index (χ3v) is 1.73. The molecular weight excluding hydrogens is 142 g/mol. The summed E-state index contributed by atoms with van der Waals surface area (Å²) in [6.45, 7) is 0. The fourth-order valence-electron chi connectivity index (χ4n) is 1.18. The molecule has 1 heteroatoms. The van der Waals surface area contributed by atoms with Gasteiger partial charge in [-0.1, -0.05) is 30.3 Å². The second-order valence-electron chi connectivity index (χ2n) is 2.53. The molecule has 0 atom stereocenters. The van der Waals surface area contributed by atoms with E-state index in [2.05, 4.69) is 0 Å². The number of phenolic OH excluding ortho intramolecular Hbond substituents is 1. The molecule has 1 N–H and O–H groups in total. The van der Waals surface area contributed by atoms with E-state index in [0.717, 1.165) is 10.8 Å². The van der Waals surface area contributed by atoms with Crippen molar-refractivity contribution in [3.05, 3.63) is 42.5 Å². The fraction of sp³-hybridized carbons (Fsp3) is 0. The van der Waals surface area contributed by atoms with E-state index < -0.39 is 0 Å². The quantitative estimate of drug-likeness (QED) is 0.611. The molecule has 0 aliphatic heterocycles. The molecule has 2 aromatic rings. The van der Waals surface area contributed by atoms with Gasteiger partial charge in [-0.05, 0) is 22.9 Å². The van der Waals surface area contributed by atoms with Gasteiger partial charge in [0.15, 0.2) is 0 Å². The van der Waals surface area contributed by atoms with Gasteiger partial charge in [-0.3, -0.25) is 0 Å². The Hall–Kier alpha value is -1.50. The molecule has 0 heterocycles. The van der Waals surface area contributed by atoms with Crippen LogP contribution in [0.5, 0.6) is 5.75 Å². The Balaban J connectivity index is 2.83. The zero-order valence-corrected chi connectivity index (χ0v) is 5.99. The normalized spacial score (nSPS) is 10.2. The molecule has 0 aliphatic rings. The van der Waals surface area contributed by atoms with Crippen molar-refractivity contribution in [3.8, 4) is 5.75 Å². The number of hydrogen-bond acceptors (Lipinski definition) is 1. The minimum Gasteiger partial charge on any atom is -0.508 e. The molecule has 2 aromatic carbocycles. The molecule has 0 aliphatic carbocycles. The van der Waals surface area contributed by atoms with Gasteiger partial charge in [0.25, 0.3) is 0 Å². The van der Waals surface area contributed by atoms with Crippen molar-refractivity contribution in [2.45, 2.75) is 0 Å². The molecule has 0 saturated heterocycles. The molecule has 0 bridgehead atoms.